The minimum absolute atomic E-state index is 0.0972. The second-order valence-electron chi connectivity index (χ2n) is 7.45. The van der Waals surface area contributed by atoms with Crippen molar-refractivity contribution in [2.24, 2.45) is 0 Å². The van der Waals surface area contributed by atoms with Gasteiger partial charge in [0.15, 0.2) is 0 Å². The van der Waals surface area contributed by atoms with Crippen molar-refractivity contribution in [2.45, 2.75) is 32.3 Å². The van der Waals surface area contributed by atoms with Gasteiger partial charge in [0.1, 0.15) is 18.2 Å². The molecule has 4 nitrogen and oxygen atoms in total. The molecule has 0 saturated carbocycles. The summed E-state index contributed by atoms with van der Waals surface area (Å²) in [7, 11) is 0. The summed E-state index contributed by atoms with van der Waals surface area (Å²) in [6, 6.07) is 13.6. The van der Waals surface area contributed by atoms with Gasteiger partial charge in [-0.05, 0) is 72.7 Å². The lowest BCUT2D eigenvalue weighted by Crippen LogP contribution is -2.05. The lowest BCUT2D eigenvalue weighted by Gasteiger charge is -2.23. The molecule has 1 heterocycles. The Morgan fingerprint density at radius 2 is 1.84 bits per heavy atom. The van der Waals surface area contributed by atoms with Crippen LogP contribution in [0.25, 0.3) is 11.1 Å². The zero-order chi connectivity index (χ0) is 21.8. The average Bonchev–Trinajstić information content (AvgIpc) is 2.79. The van der Waals surface area contributed by atoms with E-state index in [0.29, 0.717) is 16.3 Å². The largest absolute Gasteiger partial charge is 0.488 e. The fraction of sp³-hybridized carbons (Fsp3) is 0.200. The van der Waals surface area contributed by atoms with E-state index >= 15 is 0 Å². The molecule has 1 aromatic heterocycles. The summed E-state index contributed by atoms with van der Waals surface area (Å²) in [5.41, 5.74) is 4.35. The van der Waals surface area contributed by atoms with E-state index in [0.717, 1.165) is 48.0 Å². The Bertz CT molecular complexity index is 1160. The van der Waals surface area contributed by atoms with E-state index in [1.54, 1.807) is 42.6 Å². The van der Waals surface area contributed by atoms with Crippen molar-refractivity contribution >= 4 is 28.7 Å². The van der Waals surface area contributed by atoms with Crippen molar-refractivity contribution in [1.29, 1.82) is 0 Å². The minimum Gasteiger partial charge on any atom is -0.488 e. The quantitative estimate of drug-likeness (QED) is 0.469. The predicted molar refractivity (Wildman–Crippen MR) is 119 cm³/mol. The third-order valence-corrected chi connectivity index (χ3v) is 5.64. The molecule has 0 unspecified atom stereocenters. The first-order valence-electron chi connectivity index (χ1n) is 10.1. The number of pyridine rings is 1. The van der Waals surface area contributed by atoms with Gasteiger partial charge in [-0.2, -0.15) is 0 Å². The Balaban J connectivity index is 1.75. The van der Waals surface area contributed by atoms with E-state index in [1.165, 1.54) is 12.3 Å². The van der Waals surface area contributed by atoms with Crippen molar-refractivity contribution in [3.8, 4) is 5.75 Å². The molecule has 3 aromatic rings. The second kappa shape index (κ2) is 9.31. The summed E-state index contributed by atoms with van der Waals surface area (Å²) in [4.78, 5) is 15.5. The van der Waals surface area contributed by atoms with Gasteiger partial charge in [-0.3, -0.25) is 4.98 Å². The van der Waals surface area contributed by atoms with E-state index in [2.05, 4.69) is 4.98 Å². The Morgan fingerprint density at radius 1 is 1.06 bits per heavy atom. The van der Waals surface area contributed by atoms with Crippen LogP contribution < -0.4 is 4.74 Å². The number of carboxylic acid groups (broad SMARTS) is 1. The maximum absolute atomic E-state index is 14.0. The van der Waals surface area contributed by atoms with Crippen LogP contribution in [0.15, 0.2) is 60.9 Å². The molecule has 4 rings (SSSR count). The lowest BCUT2D eigenvalue weighted by atomic mass is 9.84. The Labute approximate surface area is 185 Å². The monoisotopic (exact) mass is 437 g/mol. The molecular formula is C25H21ClFNO3. The average molecular weight is 438 g/mol. The van der Waals surface area contributed by atoms with Gasteiger partial charge in [-0.25, -0.2) is 9.18 Å². The van der Waals surface area contributed by atoms with Gasteiger partial charge in [0.25, 0.3) is 0 Å². The van der Waals surface area contributed by atoms with E-state index in [-0.39, 0.29) is 18.0 Å². The summed E-state index contributed by atoms with van der Waals surface area (Å²) in [5, 5.41) is 9.92. The SMILES string of the molecule is O=C(O)c1cncc(C2=C(c3cc(Cl)ccc3OCc3ccccc3F)CCCC2)c1. The number of benzene rings is 2. The molecule has 0 amide bonds. The first kappa shape index (κ1) is 21.1. The molecular weight excluding hydrogens is 417 g/mol. The highest BCUT2D eigenvalue weighted by Gasteiger charge is 2.21. The molecule has 0 fully saturated rings. The number of carbonyl (C=O) groups is 1. The first-order chi connectivity index (χ1) is 15.0. The second-order valence-corrected chi connectivity index (χ2v) is 7.89. The molecule has 0 saturated heterocycles. The predicted octanol–water partition coefficient (Wildman–Crippen LogP) is 6.64. The van der Waals surface area contributed by atoms with Crippen LogP contribution in [0.4, 0.5) is 4.39 Å². The van der Waals surface area contributed by atoms with Gasteiger partial charge in [-0.15, -0.1) is 0 Å². The highest BCUT2D eigenvalue weighted by Crippen LogP contribution is 2.42. The smallest absolute Gasteiger partial charge is 0.337 e. The zero-order valence-corrected chi connectivity index (χ0v) is 17.5. The van der Waals surface area contributed by atoms with Crippen molar-refractivity contribution in [3.05, 3.63) is 94.0 Å². The molecule has 1 aliphatic carbocycles. The van der Waals surface area contributed by atoms with Crippen molar-refractivity contribution in [1.82, 2.24) is 4.98 Å². The van der Waals surface area contributed by atoms with Gasteiger partial charge in [0.05, 0.1) is 5.56 Å². The number of aromatic nitrogens is 1. The Hall–Kier alpha value is -3.18. The van der Waals surface area contributed by atoms with Crippen LogP contribution in [0.5, 0.6) is 5.75 Å². The number of carboxylic acids is 1. The molecule has 1 N–H and O–H groups in total. The minimum atomic E-state index is -1.01. The van der Waals surface area contributed by atoms with E-state index < -0.39 is 5.97 Å². The third kappa shape index (κ3) is 4.78. The van der Waals surface area contributed by atoms with Crippen LogP contribution in [-0.2, 0) is 6.61 Å². The molecule has 158 valence electrons. The third-order valence-electron chi connectivity index (χ3n) is 5.41. The number of allylic oxidation sites excluding steroid dienone is 2. The van der Waals surface area contributed by atoms with Gasteiger partial charge in [0, 0.05) is 28.5 Å². The summed E-state index contributed by atoms with van der Waals surface area (Å²) in [6.07, 6.45) is 6.66. The number of rotatable bonds is 6. The fourth-order valence-corrected chi connectivity index (χ4v) is 4.05. The lowest BCUT2D eigenvalue weighted by molar-refractivity contribution is 0.0696. The van der Waals surface area contributed by atoms with Gasteiger partial charge in [-0.1, -0.05) is 29.8 Å². The van der Waals surface area contributed by atoms with Gasteiger partial charge in [0.2, 0.25) is 0 Å². The van der Waals surface area contributed by atoms with Gasteiger partial charge >= 0.3 is 5.97 Å². The van der Waals surface area contributed by atoms with Gasteiger partial charge < -0.3 is 9.84 Å². The van der Waals surface area contributed by atoms with Crippen molar-refractivity contribution in [2.75, 3.05) is 0 Å². The number of aromatic carboxylic acids is 1. The maximum Gasteiger partial charge on any atom is 0.337 e. The topological polar surface area (TPSA) is 59.4 Å². The normalized spacial score (nSPS) is 13.9. The highest BCUT2D eigenvalue weighted by atomic mass is 35.5. The Kier molecular flexibility index (Phi) is 6.33. The summed E-state index contributed by atoms with van der Waals surface area (Å²) >= 11 is 6.31. The van der Waals surface area contributed by atoms with E-state index in [9.17, 15) is 14.3 Å². The number of hydrogen-bond donors (Lipinski definition) is 1. The highest BCUT2D eigenvalue weighted by molar-refractivity contribution is 6.30. The Morgan fingerprint density at radius 3 is 2.61 bits per heavy atom. The molecule has 1 aliphatic rings. The molecule has 0 bridgehead atoms. The standard InChI is InChI=1S/C25H21ClFNO3/c26-19-9-10-24(31-15-16-5-1-4-8-23(16)27)22(12-19)21-7-3-2-6-20(21)17-11-18(25(29)30)14-28-13-17/h1,4-5,8-14H,2-3,6-7,15H2,(H,29,30). The molecule has 0 radical (unpaired) electrons. The molecule has 6 heteroatoms. The van der Waals surface area contributed by atoms with Crippen LogP contribution in [0, 0.1) is 5.82 Å². The van der Waals surface area contributed by atoms with Crippen molar-refractivity contribution < 1.29 is 19.0 Å². The number of nitrogens with zero attached hydrogens (tertiary/aromatic N) is 1. The molecule has 0 aliphatic heterocycles. The molecule has 31 heavy (non-hydrogen) atoms. The van der Waals surface area contributed by atoms with Crippen LogP contribution >= 0.6 is 11.6 Å². The zero-order valence-electron chi connectivity index (χ0n) is 16.8. The molecule has 2 aromatic carbocycles. The molecule has 0 atom stereocenters. The maximum atomic E-state index is 14.0. The summed E-state index contributed by atoms with van der Waals surface area (Å²) in [5.74, 6) is -0.708. The van der Waals surface area contributed by atoms with Crippen LogP contribution in [0.1, 0.15) is 52.7 Å². The summed E-state index contributed by atoms with van der Waals surface area (Å²) < 4.78 is 20.0. The fourth-order valence-electron chi connectivity index (χ4n) is 3.88. The van der Waals surface area contributed by atoms with Crippen LogP contribution in [0.3, 0.4) is 0 Å². The van der Waals surface area contributed by atoms with Crippen LogP contribution in [0.2, 0.25) is 5.02 Å². The number of ether oxygens (including phenoxy) is 1. The van der Waals surface area contributed by atoms with Crippen molar-refractivity contribution in [3.63, 3.8) is 0 Å². The van der Waals surface area contributed by atoms with E-state index in [1.807, 2.05) is 6.07 Å². The summed E-state index contributed by atoms with van der Waals surface area (Å²) in [6.45, 7) is 0.0972. The van der Waals surface area contributed by atoms with E-state index in [4.69, 9.17) is 16.3 Å². The first-order valence-corrected chi connectivity index (χ1v) is 10.5. The molecule has 0 spiro atoms. The van der Waals surface area contributed by atoms with Crippen LogP contribution in [-0.4, -0.2) is 16.1 Å². The number of hydrogen-bond acceptors (Lipinski definition) is 3. The number of halogens is 2.